The van der Waals surface area contributed by atoms with Gasteiger partial charge in [0.25, 0.3) is 5.56 Å². The monoisotopic (exact) mass is 420 g/mol. The van der Waals surface area contributed by atoms with Crippen molar-refractivity contribution in [3.63, 3.8) is 0 Å². The second-order valence-electron chi connectivity index (χ2n) is 5.95. The molecule has 3 rings (SSSR count). The molecule has 0 saturated heterocycles. The zero-order valence-corrected chi connectivity index (χ0v) is 15.6. The molecule has 0 saturated carbocycles. The molecule has 0 fully saturated rings. The number of nitrogens with zero attached hydrogens (tertiary/aromatic N) is 1. The third-order valence-corrected chi connectivity index (χ3v) is 4.91. The first kappa shape index (κ1) is 20.5. The summed E-state index contributed by atoms with van der Waals surface area (Å²) in [6, 6.07) is 14.0. The van der Waals surface area contributed by atoms with Crippen LogP contribution in [0.4, 0.5) is 24.7 Å². The number of nitrogens with two attached hydrogens (primary N) is 1. The third-order valence-electron chi connectivity index (χ3n) is 3.77. The zero-order chi connectivity index (χ0) is 21.0. The largest absolute Gasteiger partial charge is 0.416 e. The van der Waals surface area contributed by atoms with Crippen molar-refractivity contribution in [1.29, 1.82) is 0 Å². The second kappa shape index (κ2) is 8.39. The van der Waals surface area contributed by atoms with E-state index in [0.717, 1.165) is 30.0 Å². The van der Waals surface area contributed by atoms with E-state index in [1.165, 1.54) is 12.1 Å². The van der Waals surface area contributed by atoms with E-state index in [1.54, 1.807) is 30.3 Å². The van der Waals surface area contributed by atoms with Crippen LogP contribution >= 0.6 is 11.8 Å². The minimum absolute atomic E-state index is 0.000356. The molecule has 150 valence electrons. The van der Waals surface area contributed by atoms with Crippen molar-refractivity contribution < 1.29 is 18.0 Å². The number of amides is 1. The van der Waals surface area contributed by atoms with Crippen molar-refractivity contribution in [2.75, 3.05) is 11.1 Å². The molecule has 10 heteroatoms. The zero-order valence-electron chi connectivity index (χ0n) is 14.7. The molecule has 0 spiro atoms. The highest BCUT2D eigenvalue weighted by Crippen LogP contribution is 2.35. The number of alkyl halides is 3. The standard InChI is InChI=1S/C19H15F3N4O2S/c20-19(21,22)12-7-4-8-13(9-12)24-17(28)16(11-5-2-1-3-6-11)29-18-25-14(23)10-15(27)26-18/h1-10,16H,(H,24,28)(H3,23,25,26,27)/t16-/m0/s1. The highest BCUT2D eigenvalue weighted by molar-refractivity contribution is 8.00. The first-order valence-electron chi connectivity index (χ1n) is 8.29. The molecule has 0 bridgehead atoms. The van der Waals surface area contributed by atoms with E-state index < -0.39 is 28.5 Å². The number of rotatable bonds is 5. The van der Waals surface area contributed by atoms with Crippen LogP contribution in [-0.2, 0) is 11.0 Å². The summed E-state index contributed by atoms with van der Waals surface area (Å²) in [5.74, 6) is -0.591. The summed E-state index contributed by atoms with van der Waals surface area (Å²) in [7, 11) is 0. The lowest BCUT2D eigenvalue weighted by atomic mass is 10.1. The van der Waals surface area contributed by atoms with Gasteiger partial charge in [-0.3, -0.25) is 9.59 Å². The number of aromatic amines is 1. The Balaban J connectivity index is 1.90. The molecule has 2 aromatic carbocycles. The van der Waals surface area contributed by atoms with Crippen molar-refractivity contribution in [3.8, 4) is 0 Å². The van der Waals surface area contributed by atoms with Gasteiger partial charge in [-0.2, -0.15) is 13.2 Å². The van der Waals surface area contributed by atoms with Crippen LogP contribution in [0.25, 0.3) is 0 Å². The Morgan fingerprint density at radius 2 is 1.83 bits per heavy atom. The maximum atomic E-state index is 12.9. The molecule has 29 heavy (non-hydrogen) atoms. The Bertz CT molecular complexity index is 1070. The predicted octanol–water partition coefficient (Wildman–Crippen LogP) is 3.84. The van der Waals surface area contributed by atoms with Crippen molar-refractivity contribution in [2.24, 2.45) is 0 Å². The maximum absolute atomic E-state index is 12.9. The van der Waals surface area contributed by atoms with Gasteiger partial charge in [0.15, 0.2) is 5.16 Å². The van der Waals surface area contributed by atoms with Gasteiger partial charge >= 0.3 is 6.18 Å². The highest BCUT2D eigenvalue weighted by Gasteiger charge is 2.31. The molecule has 0 radical (unpaired) electrons. The van der Waals surface area contributed by atoms with Crippen LogP contribution in [0.5, 0.6) is 0 Å². The number of carbonyl (C=O) groups is 1. The normalized spacial score (nSPS) is 12.4. The van der Waals surface area contributed by atoms with Crippen LogP contribution in [0, 0.1) is 0 Å². The van der Waals surface area contributed by atoms with Crippen LogP contribution in [0.3, 0.4) is 0 Å². The average Bonchev–Trinajstić information content (AvgIpc) is 2.65. The van der Waals surface area contributed by atoms with Crippen LogP contribution < -0.4 is 16.6 Å². The molecule has 0 aliphatic rings. The van der Waals surface area contributed by atoms with Crippen molar-refractivity contribution in [3.05, 3.63) is 82.1 Å². The fourth-order valence-corrected chi connectivity index (χ4v) is 3.50. The van der Waals surface area contributed by atoms with E-state index in [4.69, 9.17) is 5.73 Å². The van der Waals surface area contributed by atoms with Crippen molar-refractivity contribution in [2.45, 2.75) is 16.6 Å². The minimum Gasteiger partial charge on any atom is -0.383 e. The molecule has 0 aliphatic carbocycles. The fraction of sp³-hybridized carbons (Fsp3) is 0.105. The molecular formula is C19H15F3N4O2S. The summed E-state index contributed by atoms with van der Waals surface area (Å²) < 4.78 is 38.8. The molecule has 4 N–H and O–H groups in total. The Hall–Kier alpha value is -3.27. The molecule has 0 aliphatic heterocycles. The second-order valence-corrected chi connectivity index (χ2v) is 7.05. The van der Waals surface area contributed by atoms with E-state index in [1.807, 2.05) is 0 Å². The van der Waals surface area contributed by atoms with Gasteiger partial charge in [-0.15, -0.1) is 0 Å². The molecule has 6 nitrogen and oxygen atoms in total. The van der Waals surface area contributed by atoms with Gasteiger partial charge in [-0.25, -0.2) is 4.98 Å². The van der Waals surface area contributed by atoms with Gasteiger partial charge in [0.05, 0.1) is 5.56 Å². The van der Waals surface area contributed by atoms with Crippen molar-refractivity contribution >= 4 is 29.2 Å². The van der Waals surface area contributed by atoms with Gasteiger partial charge in [-0.05, 0) is 23.8 Å². The van der Waals surface area contributed by atoms with Gasteiger partial charge in [0.1, 0.15) is 11.1 Å². The summed E-state index contributed by atoms with van der Waals surface area (Å²) in [5, 5.41) is 1.71. The molecular weight excluding hydrogens is 405 g/mol. The number of hydrogen-bond donors (Lipinski definition) is 3. The summed E-state index contributed by atoms with van der Waals surface area (Å²) >= 11 is 0.926. The number of nitrogen functional groups attached to an aromatic ring is 1. The van der Waals surface area contributed by atoms with E-state index in [0.29, 0.717) is 5.56 Å². The minimum atomic E-state index is -4.53. The summed E-state index contributed by atoms with van der Waals surface area (Å²) in [5.41, 5.74) is 4.80. The Kier molecular flexibility index (Phi) is 5.92. The van der Waals surface area contributed by atoms with Gasteiger partial charge < -0.3 is 16.0 Å². The summed E-state index contributed by atoms with van der Waals surface area (Å²) in [6.07, 6.45) is -4.53. The van der Waals surface area contributed by atoms with Crippen LogP contribution in [-0.4, -0.2) is 15.9 Å². The topological polar surface area (TPSA) is 101 Å². The number of H-pyrrole nitrogens is 1. The van der Waals surface area contributed by atoms with Gasteiger partial charge in [-0.1, -0.05) is 48.2 Å². The van der Waals surface area contributed by atoms with E-state index >= 15 is 0 Å². The fourth-order valence-electron chi connectivity index (χ4n) is 2.50. The highest BCUT2D eigenvalue weighted by atomic mass is 32.2. The molecule has 3 aromatic rings. The van der Waals surface area contributed by atoms with E-state index in [9.17, 15) is 22.8 Å². The first-order valence-corrected chi connectivity index (χ1v) is 9.17. The number of halogens is 3. The average molecular weight is 420 g/mol. The Morgan fingerprint density at radius 3 is 2.48 bits per heavy atom. The van der Waals surface area contributed by atoms with Crippen LogP contribution in [0.2, 0.25) is 0 Å². The number of aromatic nitrogens is 2. The number of thioether (sulfide) groups is 1. The lowest BCUT2D eigenvalue weighted by molar-refractivity contribution is -0.137. The van der Waals surface area contributed by atoms with Gasteiger partial charge in [0.2, 0.25) is 5.91 Å². The molecule has 1 amide bonds. The van der Waals surface area contributed by atoms with Crippen LogP contribution in [0.1, 0.15) is 16.4 Å². The SMILES string of the molecule is Nc1cc(=O)[nH]c(S[C@H](C(=O)Nc2cccc(C(F)(F)F)c2)c2ccccc2)n1. The number of benzene rings is 2. The Morgan fingerprint density at radius 1 is 1.10 bits per heavy atom. The first-order chi connectivity index (χ1) is 13.7. The molecule has 1 atom stereocenters. The number of carbonyl (C=O) groups excluding carboxylic acids is 1. The van der Waals surface area contributed by atoms with Crippen LogP contribution in [0.15, 0.2) is 70.6 Å². The number of anilines is 2. The number of nitrogens with one attached hydrogen (secondary N) is 2. The Labute approximate surface area is 167 Å². The lowest BCUT2D eigenvalue weighted by Gasteiger charge is -2.17. The molecule has 0 unspecified atom stereocenters. The lowest BCUT2D eigenvalue weighted by Crippen LogP contribution is -2.20. The number of hydrogen-bond acceptors (Lipinski definition) is 5. The van der Waals surface area contributed by atoms with E-state index in [-0.39, 0.29) is 16.7 Å². The van der Waals surface area contributed by atoms with Crippen molar-refractivity contribution in [1.82, 2.24) is 9.97 Å². The van der Waals surface area contributed by atoms with E-state index in [2.05, 4.69) is 15.3 Å². The third kappa shape index (κ3) is 5.38. The summed E-state index contributed by atoms with van der Waals surface area (Å²) in [6.45, 7) is 0. The molecule has 1 heterocycles. The summed E-state index contributed by atoms with van der Waals surface area (Å²) in [4.78, 5) is 31.0. The molecule has 1 aromatic heterocycles. The smallest absolute Gasteiger partial charge is 0.383 e. The van der Waals surface area contributed by atoms with Gasteiger partial charge in [0, 0.05) is 11.8 Å². The predicted molar refractivity (Wildman–Crippen MR) is 104 cm³/mol. The quantitative estimate of drug-likeness (QED) is 0.430. The maximum Gasteiger partial charge on any atom is 0.416 e.